The molecule has 72 valence electrons. The summed E-state index contributed by atoms with van der Waals surface area (Å²) in [5, 5.41) is 14.5. The molecule has 2 atom stereocenters. The normalized spacial score (nSPS) is 38.2. The van der Waals surface area contributed by atoms with E-state index in [9.17, 15) is 9.59 Å². The highest BCUT2D eigenvalue weighted by atomic mass is 16.4. The van der Waals surface area contributed by atoms with Crippen molar-refractivity contribution >= 4 is 11.9 Å². The highest BCUT2D eigenvalue weighted by Crippen LogP contribution is 2.37. The Bertz CT molecular complexity index is 258. The molecule has 5 nitrogen and oxygen atoms in total. The van der Waals surface area contributed by atoms with Gasteiger partial charge in [0, 0.05) is 18.4 Å². The smallest absolute Gasteiger partial charge is 0.326 e. The number of carbonyl (C=O) groups excluding carboxylic acids is 1. The van der Waals surface area contributed by atoms with Crippen LogP contribution < -0.4 is 10.6 Å². The summed E-state index contributed by atoms with van der Waals surface area (Å²) in [5.41, 5.74) is -0.372. The fourth-order valence-electron chi connectivity index (χ4n) is 2.27. The van der Waals surface area contributed by atoms with Gasteiger partial charge in [0.2, 0.25) is 5.91 Å². The Labute approximate surface area is 75.5 Å². The van der Waals surface area contributed by atoms with Crippen LogP contribution >= 0.6 is 0 Å². The van der Waals surface area contributed by atoms with Crippen LogP contribution in [0.2, 0.25) is 0 Å². The molecule has 3 N–H and O–H groups in total. The van der Waals surface area contributed by atoms with Crippen LogP contribution in [-0.2, 0) is 9.59 Å². The fourth-order valence-corrected chi connectivity index (χ4v) is 2.27. The first-order chi connectivity index (χ1) is 6.14. The van der Waals surface area contributed by atoms with Crippen molar-refractivity contribution in [1.82, 2.24) is 10.6 Å². The lowest BCUT2D eigenvalue weighted by Crippen LogP contribution is -2.44. The van der Waals surface area contributed by atoms with Crippen molar-refractivity contribution in [3.05, 3.63) is 0 Å². The Morgan fingerprint density at radius 2 is 2.38 bits per heavy atom. The number of carbonyl (C=O) groups is 2. The predicted molar refractivity (Wildman–Crippen MR) is 44.1 cm³/mol. The summed E-state index contributed by atoms with van der Waals surface area (Å²) in [6, 6.07) is -0.699. The van der Waals surface area contributed by atoms with Crippen LogP contribution in [0.5, 0.6) is 0 Å². The molecule has 2 saturated heterocycles. The molecule has 0 aliphatic carbocycles. The molecule has 0 aromatic rings. The van der Waals surface area contributed by atoms with E-state index in [-0.39, 0.29) is 11.3 Å². The minimum Gasteiger partial charge on any atom is -0.480 e. The SMILES string of the molecule is O=C1CC2(CCNC2)C(C(=O)O)N1. The highest BCUT2D eigenvalue weighted by Gasteiger charge is 2.51. The Hall–Kier alpha value is -1.10. The van der Waals surface area contributed by atoms with Gasteiger partial charge in [-0.15, -0.1) is 0 Å². The van der Waals surface area contributed by atoms with E-state index >= 15 is 0 Å². The van der Waals surface area contributed by atoms with E-state index in [1.54, 1.807) is 0 Å². The Balaban J connectivity index is 2.25. The van der Waals surface area contributed by atoms with E-state index in [1.165, 1.54) is 0 Å². The van der Waals surface area contributed by atoms with Gasteiger partial charge in [-0.25, -0.2) is 4.79 Å². The summed E-state index contributed by atoms with van der Waals surface area (Å²) in [7, 11) is 0. The van der Waals surface area contributed by atoms with E-state index in [4.69, 9.17) is 5.11 Å². The molecule has 1 amide bonds. The van der Waals surface area contributed by atoms with Crippen molar-refractivity contribution in [2.45, 2.75) is 18.9 Å². The van der Waals surface area contributed by atoms with Crippen molar-refractivity contribution < 1.29 is 14.7 Å². The standard InChI is InChI=1S/C8H12N2O3/c11-5-3-8(1-2-9-4-8)6(10-5)7(12)13/h6,9H,1-4H2,(H,10,11)(H,12,13). The molecule has 2 heterocycles. The van der Waals surface area contributed by atoms with Gasteiger partial charge in [0.05, 0.1) is 0 Å². The molecule has 0 aromatic heterocycles. The van der Waals surface area contributed by atoms with Gasteiger partial charge in [-0.2, -0.15) is 0 Å². The van der Waals surface area contributed by atoms with Crippen LogP contribution in [-0.4, -0.2) is 36.1 Å². The van der Waals surface area contributed by atoms with E-state index in [0.717, 1.165) is 13.0 Å². The van der Waals surface area contributed by atoms with Gasteiger partial charge in [0.15, 0.2) is 0 Å². The van der Waals surface area contributed by atoms with Gasteiger partial charge < -0.3 is 15.7 Å². The summed E-state index contributed by atoms with van der Waals surface area (Å²) in [6.45, 7) is 1.43. The number of nitrogens with one attached hydrogen (secondary N) is 2. The van der Waals surface area contributed by atoms with Gasteiger partial charge in [-0.05, 0) is 13.0 Å². The molecule has 1 spiro atoms. The van der Waals surface area contributed by atoms with Crippen LogP contribution in [0.4, 0.5) is 0 Å². The van der Waals surface area contributed by atoms with Crippen molar-refractivity contribution in [2.75, 3.05) is 13.1 Å². The zero-order valence-electron chi connectivity index (χ0n) is 7.17. The second kappa shape index (κ2) is 2.70. The lowest BCUT2D eigenvalue weighted by Gasteiger charge is -2.24. The van der Waals surface area contributed by atoms with Gasteiger partial charge in [0.1, 0.15) is 6.04 Å². The van der Waals surface area contributed by atoms with E-state index in [1.807, 2.05) is 0 Å². The maximum atomic E-state index is 11.1. The number of rotatable bonds is 1. The molecule has 2 aliphatic heterocycles. The maximum Gasteiger partial charge on any atom is 0.326 e. The van der Waals surface area contributed by atoms with Crippen LogP contribution in [0.15, 0.2) is 0 Å². The summed E-state index contributed by atoms with van der Waals surface area (Å²) in [6.07, 6.45) is 1.11. The number of amides is 1. The predicted octanol–water partition coefficient (Wildman–Crippen LogP) is -1.06. The summed E-state index contributed by atoms with van der Waals surface area (Å²) >= 11 is 0. The number of aliphatic carboxylic acids is 1. The van der Waals surface area contributed by atoms with E-state index < -0.39 is 12.0 Å². The zero-order chi connectivity index (χ0) is 9.47. The van der Waals surface area contributed by atoms with Crippen LogP contribution in [0.3, 0.4) is 0 Å². The molecule has 5 heteroatoms. The quantitative estimate of drug-likeness (QED) is 0.485. The molecular formula is C8H12N2O3. The molecule has 2 unspecified atom stereocenters. The van der Waals surface area contributed by atoms with Gasteiger partial charge in [-0.3, -0.25) is 4.79 Å². The number of hydrogen-bond donors (Lipinski definition) is 3. The largest absolute Gasteiger partial charge is 0.480 e. The molecular weight excluding hydrogens is 172 g/mol. The third-order valence-corrected chi connectivity index (χ3v) is 2.95. The molecule has 2 rings (SSSR count). The molecule has 2 aliphatic rings. The summed E-state index contributed by atoms with van der Waals surface area (Å²) < 4.78 is 0. The topological polar surface area (TPSA) is 78.4 Å². The third kappa shape index (κ3) is 1.19. The van der Waals surface area contributed by atoms with Crippen molar-refractivity contribution in [3.63, 3.8) is 0 Å². The average molecular weight is 184 g/mol. The minimum absolute atomic E-state index is 0.142. The van der Waals surface area contributed by atoms with Gasteiger partial charge in [-0.1, -0.05) is 0 Å². The third-order valence-electron chi connectivity index (χ3n) is 2.95. The first-order valence-electron chi connectivity index (χ1n) is 4.37. The first kappa shape index (κ1) is 8.50. The molecule has 0 bridgehead atoms. The first-order valence-corrected chi connectivity index (χ1v) is 4.37. The second-order valence-corrected chi connectivity index (χ2v) is 3.80. The summed E-state index contributed by atoms with van der Waals surface area (Å²) in [5.74, 6) is -1.06. The monoisotopic (exact) mass is 184 g/mol. The average Bonchev–Trinajstić information content (AvgIpc) is 2.60. The molecule has 2 fully saturated rings. The molecule has 13 heavy (non-hydrogen) atoms. The van der Waals surface area contributed by atoms with Crippen LogP contribution in [0, 0.1) is 5.41 Å². The number of hydrogen-bond acceptors (Lipinski definition) is 3. The number of carboxylic acids is 1. The fraction of sp³-hybridized carbons (Fsp3) is 0.750. The summed E-state index contributed by atoms with van der Waals surface area (Å²) in [4.78, 5) is 22.0. The van der Waals surface area contributed by atoms with E-state index in [0.29, 0.717) is 13.0 Å². The maximum absolute atomic E-state index is 11.1. The van der Waals surface area contributed by atoms with Crippen molar-refractivity contribution in [3.8, 4) is 0 Å². The van der Waals surface area contributed by atoms with E-state index in [2.05, 4.69) is 10.6 Å². The Morgan fingerprint density at radius 1 is 1.62 bits per heavy atom. The Morgan fingerprint density at radius 3 is 2.92 bits per heavy atom. The minimum atomic E-state index is -0.922. The van der Waals surface area contributed by atoms with Gasteiger partial charge >= 0.3 is 5.97 Å². The highest BCUT2D eigenvalue weighted by molar-refractivity contribution is 5.89. The van der Waals surface area contributed by atoms with Gasteiger partial charge in [0.25, 0.3) is 0 Å². The number of carboxylic acid groups (broad SMARTS) is 1. The van der Waals surface area contributed by atoms with Crippen molar-refractivity contribution in [2.24, 2.45) is 5.41 Å². The lowest BCUT2D eigenvalue weighted by atomic mass is 9.79. The van der Waals surface area contributed by atoms with Crippen molar-refractivity contribution in [1.29, 1.82) is 0 Å². The molecule has 0 radical (unpaired) electrons. The zero-order valence-corrected chi connectivity index (χ0v) is 7.17. The molecule has 0 saturated carbocycles. The Kier molecular flexibility index (Phi) is 1.76. The van der Waals surface area contributed by atoms with Crippen LogP contribution in [0.1, 0.15) is 12.8 Å². The molecule has 0 aromatic carbocycles. The lowest BCUT2D eigenvalue weighted by molar-refractivity contribution is -0.142. The second-order valence-electron chi connectivity index (χ2n) is 3.80. The van der Waals surface area contributed by atoms with Crippen LogP contribution in [0.25, 0.3) is 0 Å².